The van der Waals surface area contributed by atoms with Crippen molar-refractivity contribution in [3.8, 4) is 0 Å². The summed E-state index contributed by atoms with van der Waals surface area (Å²) in [4.78, 5) is 58.8. The van der Waals surface area contributed by atoms with Crippen LogP contribution in [0.3, 0.4) is 0 Å². The molecule has 1 aliphatic carbocycles. The van der Waals surface area contributed by atoms with E-state index in [0.29, 0.717) is 38.0 Å². The maximum absolute atomic E-state index is 12.4. The Balaban J connectivity index is 0.00000544. The van der Waals surface area contributed by atoms with E-state index in [1.54, 1.807) is 24.3 Å². The monoisotopic (exact) mass is 612 g/mol. The van der Waals surface area contributed by atoms with Gasteiger partial charge in [-0.25, -0.2) is 0 Å². The molecule has 0 aromatic heterocycles. The third kappa shape index (κ3) is 14.5. The van der Waals surface area contributed by atoms with Crippen LogP contribution in [0, 0.1) is 5.92 Å². The predicted octanol–water partition coefficient (Wildman–Crippen LogP) is -2.23. The number of Topliss-reactive ketones (excluding diaryl/α,β-unsaturated/α-hetero) is 3. The summed E-state index contributed by atoms with van der Waals surface area (Å²) in [6.45, 7) is 2.35. The topological polar surface area (TPSA) is 123 Å². The molecule has 1 aliphatic rings. The Morgan fingerprint density at radius 3 is 2.35 bits per heavy atom. The third-order valence-electron chi connectivity index (χ3n) is 5.16. The van der Waals surface area contributed by atoms with Crippen molar-refractivity contribution in [3.63, 3.8) is 0 Å². The summed E-state index contributed by atoms with van der Waals surface area (Å²) < 4.78 is 5.27. The van der Waals surface area contributed by atoms with Gasteiger partial charge in [0.05, 0.1) is 17.7 Å². The first kappa shape index (κ1) is 34.7. The SMILES string of the molecule is CC(=O)CCCOCC[N-]C(=O)CC(=O)[N-]c1ccc(CC(=O)C2CCCCC2=O)cc1.[Rb+].[Rb+]. The van der Waals surface area contributed by atoms with Crippen molar-refractivity contribution in [1.82, 2.24) is 0 Å². The van der Waals surface area contributed by atoms with Crippen LogP contribution in [-0.2, 0) is 35.1 Å². The second-order valence-electron chi connectivity index (χ2n) is 7.95. The fourth-order valence-electron chi connectivity index (χ4n) is 3.47. The number of carbonyl (C=O) groups is 5. The second-order valence-corrected chi connectivity index (χ2v) is 7.95. The van der Waals surface area contributed by atoms with E-state index in [0.717, 1.165) is 18.4 Å². The first-order valence-electron chi connectivity index (χ1n) is 11.0. The number of benzene rings is 1. The zero-order valence-electron chi connectivity index (χ0n) is 20.5. The number of rotatable bonds is 13. The number of nitrogens with zero attached hydrogens (tertiary/aromatic N) is 2. The average Bonchev–Trinajstić information content (AvgIpc) is 2.74. The number of hydrogen-bond donors (Lipinski definition) is 0. The molecule has 0 spiro atoms. The number of carbonyl (C=O) groups excluding carboxylic acids is 5. The molecule has 2 amide bonds. The van der Waals surface area contributed by atoms with E-state index in [1.165, 1.54) is 6.92 Å². The summed E-state index contributed by atoms with van der Waals surface area (Å²) in [5, 5.41) is 7.64. The van der Waals surface area contributed by atoms with Crippen molar-refractivity contribution in [2.75, 3.05) is 19.8 Å². The van der Waals surface area contributed by atoms with Gasteiger partial charge in [0.2, 0.25) is 0 Å². The van der Waals surface area contributed by atoms with Crippen molar-refractivity contribution >= 4 is 34.9 Å². The third-order valence-corrected chi connectivity index (χ3v) is 5.16. The molecule has 0 aliphatic heterocycles. The molecular weight excluding hydrogens is 583 g/mol. The summed E-state index contributed by atoms with van der Waals surface area (Å²) in [6.07, 6.45) is 3.73. The number of hydrogen-bond acceptors (Lipinski definition) is 6. The molecule has 0 N–H and O–H groups in total. The molecule has 1 unspecified atom stereocenters. The summed E-state index contributed by atoms with van der Waals surface area (Å²) in [7, 11) is 0. The molecule has 0 heterocycles. The van der Waals surface area contributed by atoms with Crippen LogP contribution >= 0.6 is 0 Å². The zero-order chi connectivity index (χ0) is 23.3. The van der Waals surface area contributed by atoms with E-state index in [4.69, 9.17) is 4.74 Å². The molecule has 34 heavy (non-hydrogen) atoms. The van der Waals surface area contributed by atoms with Crippen LogP contribution in [0.15, 0.2) is 24.3 Å². The van der Waals surface area contributed by atoms with E-state index in [2.05, 4.69) is 10.6 Å². The van der Waals surface area contributed by atoms with E-state index in [-0.39, 0.29) is 153 Å². The van der Waals surface area contributed by atoms with Gasteiger partial charge in [0.15, 0.2) is 0 Å². The van der Waals surface area contributed by atoms with Crippen LogP contribution in [0.2, 0.25) is 0 Å². The minimum Gasteiger partial charge on any atom is -0.651 e. The number of ketones is 3. The summed E-state index contributed by atoms with van der Waals surface area (Å²) in [6, 6.07) is 6.62. The summed E-state index contributed by atoms with van der Waals surface area (Å²) in [5.41, 5.74) is 1.15. The van der Waals surface area contributed by atoms with E-state index in [9.17, 15) is 24.0 Å². The van der Waals surface area contributed by atoms with Gasteiger partial charge >= 0.3 is 116 Å². The van der Waals surface area contributed by atoms with Crippen molar-refractivity contribution in [2.24, 2.45) is 5.92 Å². The summed E-state index contributed by atoms with van der Waals surface area (Å²) in [5.74, 6) is -1.58. The van der Waals surface area contributed by atoms with Gasteiger partial charge in [-0.15, -0.1) is 12.2 Å². The van der Waals surface area contributed by atoms with Crippen LogP contribution in [0.25, 0.3) is 10.6 Å². The van der Waals surface area contributed by atoms with Crippen LogP contribution in [0.1, 0.15) is 57.4 Å². The Labute approximate surface area is 299 Å². The maximum atomic E-state index is 12.4. The van der Waals surface area contributed by atoms with Crippen LogP contribution in [-0.4, -0.2) is 48.9 Å². The van der Waals surface area contributed by atoms with Crippen LogP contribution in [0.5, 0.6) is 0 Å². The molecular formula is C24H30N2O6Rb2. The van der Waals surface area contributed by atoms with Gasteiger partial charge in [-0.05, 0) is 31.7 Å². The van der Waals surface area contributed by atoms with E-state index in [1.807, 2.05) is 0 Å². The minimum atomic E-state index is -0.599. The summed E-state index contributed by atoms with van der Waals surface area (Å²) >= 11 is 0. The fraction of sp³-hybridized carbons (Fsp3) is 0.542. The predicted molar refractivity (Wildman–Crippen MR) is 119 cm³/mol. The molecule has 1 saturated carbocycles. The van der Waals surface area contributed by atoms with E-state index >= 15 is 0 Å². The molecule has 174 valence electrons. The molecule has 1 fully saturated rings. The van der Waals surface area contributed by atoms with Gasteiger partial charge < -0.3 is 29.8 Å². The second kappa shape index (κ2) is 19.8. The Bertz CT molecular complexity index is 829. The van der Waals surface area contributed by atoms with Crippen LogP contribution in [0.4, 0.5) is 5.69 Å². The van der Waals surface area contributed by atoms with Crippen LogP contribution < -0.4 is 116 Å². The molecule has 1 aromatic rings. The van der Waals surface area contributed by atoms with Gasteiger partial charge in [0, 0.05) is 38.9 Å². The molecule has 0 saturated heterocycles. The van der Waals surface area contributed by atoms with Crippen molar-refractivity contribution in [2.45, 2.75) is 58.3 Å². The normalized spacial score (nSPS) is 14.9. The molecule has 1 atom stereocenters. The average molecular weight is 613 g/mol. The Hall–Kier alpha value is 0.740. The van der Waals surface area contributed by atoms with Gasteiger partial charge in [-0.1, -0.05) is 30.7 Å². The van der Waals surface area contributed by atoms with Gasteiger partial charge in [-0.2, -0.15) is 0 Å². The van der Waals surface area contributed by atoms with E-state index < -0.39 is 24.2 Å². The molecule has 8 nitrogen and oxygen atoms in total. The quantitative estimate of drug-likeness (QED) is 0.184. The zero-order valence-corrected chi connectivity index (χ0v) is 30.3. The largest absolute Gasteiger partial charge is 1.00 e. The molecule has 0 bridgehead atoms. The Morgan fingerprint density at radius 1 is 1.00 bits per heavy atom. The van der Waals surface area contributed by atoms with Crippen molar-refractivity contribution in [1.29, 1.82) is 0 Å². The van der Waals surface area contributed by atoms with Gasteiger partial charge in [-0.3, -0.25) is 9.59 Å². The fourth-order valence-corrected chi connectivity index (χ4v) is 3.47. The Kier molecular flexibility index (Phi) is 20.2. The number of ether oxygens (including phenoxy) is 1. The molecule has 10 heteroatoms. The molecule has 1 aromatic carbocycles. The standard InChI is InChI=1S/C24H32N2O6.2Rb/c1-17(27)5-4-13-32-14-12-25-23(30)16-24(31)26-19-10-8-18(9-11-19)15-22(29)20-6-2-3-7-21(20)28;;/h8-11,20H,2-7,12-16H2,1H3,(H2,25,26,30,31);;/q;2*+1/p-2. The maximum Gasteiger partial charge on any atom is 1.00 e. The number of amides is 2. The van der Waals surface area contributed by atoms with Gasteiger partial charge in [0.25, 0.3) is 0 Å². The molecule has 0 radical (unpaired) electrons. The van der Waals surface area contributed by atoms with Crippen molar-refractivity contribution < 1.29 is 145 Å². The minimum absolute atomic E-state index is 0. The Morgan fingerprint density at radius 2 is 1.71 bits per heavy atom. The first-order chi connectivity index (χ1) is 15.3. The molecule has 2 rings (SSSR count). The smallest absolute Gasteiger partial charge is 0.651 e. The van der Waals surface area contributed by atoms with Gasteiger partial charge in [0.1, 0.15) is 17.3 Å². The first-order valence-corrected chi connectivity index (χ1v) is 11.0. The van der Waals surface area contributed by atoms with Crippen molar-refractivity contribution in [3.05, 3.63) is 40.5 Å².